The number of thioether (sulfide) groups is 1. The predicted octanol–water partition coefficient (Wildman–Crippen LogP) is 1.35. The normalized spacial score (nSPS) is 10.8. The van der Waals surface area contributed by atoms with Gasteiger partial charge in [0.2, 0.25) is 11.8 Å². The van der Waals surface area contributed by atoms with Gasteiger partial charge in [-0.3, -0.25) is 14.2 Å². The second kappa shape index (κ2) is 9.87. The summed E-state index contributed by atoms with van der Waals surface area (Å²) in [5, 5.41) is 11.8. The summed E-state index contributed by atoms with van der Waals surface area (Å²) in [6.07, 6.45) is 4.18. The summed E-state index contributed by atoms with van der Waals surface area (Å²) in [7, 11) is 0. The Morgan fingerprint density at radius 2 is 2.24 bits per heavy atom. The first kappa shape index (κ1) is 19.0. The number of hydrogen-bond donors (Lipinski definition) is 2. The molecule has 25 heavy (non-hydrogen) atoms. The van der Waals surface area contributed by atoms with Crippen LogP contribution < -0.4 is 11.1 Å². The van der Waals surface area contributed by atoms with Crippen molar-refractivity contribution in [2.24, 2.45) is 5.73 Å². The number of aromatic nitrogens is 3. The Balaban J connectivity index is 2.02. The summed E-state index contributed by atoms with van der Waals surface area (Å²) >= 11 is 1.31. The fourth-order valence-corrected chi connectivity index (χ4v) is 2.94. The highest BCUT2D eigenvalue weighted by atomic mass is 32.2. The zero-order chi connectivity index (χ0) is 18.1. The SMILES string of the molecule is CCCCNC(=O)CSc1nnc(CCC(N)=O)n1Cc1ccco1. The van der Waals surface area contributed by atoms with E-state index in [1.54, 1.807) is 12.3 Å². The number of carbonyl (C=O) groups is 2. The van der Waals surface area contributed by atoms with Crippen LogP contribution in [0, 0.1) is 0 Å². The third kappa shape index (κ3) is 6.26. The van der Waals surface area contributed by atoms with Gasteiger partial charge in [0.15, 0.2) is 5.16 Å². The molecular weight excluding hydrogens is 342 g/mol. The van der Waals surface area contributed by atoms with E-state index >= 15 is 0 Å². The van der Waals surface area contributed by atoms with Crippen LogP contribution in [0.25, 0.3) is 0 Å². The number of nitrogens with one attached hydrogen (secondary N) is 1. The Kier molecular flexibility index (Phi) is 7.52. The highest BCUT2D eigenvalue weighted by Gasteiger charge is 2.16. The molecule has 2 aromatic rings. The summed E-state index contributed by atoms with van der Waals surface area (Å²) in [5.41, 5.74) is 5.22. The van der Waals surface area contributed by atoms with Gasteiger partial charge < -0.3 is 15.5 Å². The molecule has 2 heterocycles. The van der Waals surface area contributed by atoms with Crippen LogP contribution in [-0.2, 0) is 22.6 Å². The summed E-state index contributed by atoms with van der Waals surface area (Å²) in [5.74, 6) is 1.22. The molecule has 2 amide bonds. The maximum absolute atomic E-state index is 11.9. The Bertz CT molecular complexity index is 684. The minimum absolute atomic E-state index is 0.0373. The smallest absolute Gasteiger partial charge is 0.230 e. The molecule has 0 saturated carbocycles. The second-order valence-electron chi connectivity index (χ2n) is 5.52. The maximum atomic E-state index is 11.9. The third-order valence-electron chi connectivity index (χ3n) is 3.47. The molecule has 0 aromatic carbocycles. The van der Waals surface area contributed by atoms with Crippen LogP contribution in [0.2, 0.25) is 0 Å². The van der Waals surface area contributed by atoms with E-state index in [-0.39, 0.29) is 18.1 Å². The quantitative estimate of drug-likeness (QED) is 0.459. The van der Waals surface area contributed by atoms with Crippen molar-refractivity contribution in [3.8, 4) is 0 Å². The van der Waals surface area contributed by atoms with Crippen LogP contribution in [0.15, 0.2) is 28.0 Å². The fourth-order valence-electron chi connectivity index (χ4n) is 2.15. The summed E-state index contributed by atoms with van der Waals surface area (Å²) in [6.45, 7) is 3.19. The molecule has 0 saturated heterocycles. The zero-order valence-corrected chi connectivity index (χ0v) is 15.1. The molecule has 0 fully saturated rings. The number of amides is 2. The van der Waals surface area contributed by atoms with Crippen molar-refractivity contribution in [3.05, 3.63) is 30.0 Å². The maximum Gasteiger partial charge on any atom is 0.230 e. The Labute approximate surface area is 150 Å². The van der Waals surface area contributed by atoms with Gasteiger partial charge in [0.05, 0.1) is 18.6 Å². The molecule has 8 nitrogen and oxygen atoms in total. The number of carbonyl (C=O) groups excluding carboxylic acids is 2. The number of unbranched alkanes of at least 4 members (excludes halogenated alkanes) is 1. The number of aryl methyl sites for hydroxylation is 1. The van der Waals surface area contributed by atoms with Crippen LogP contribution >= 0.6 is 11.8 Å². The highest BCUT2D eigenvalue weighted by Crippen LogP contribution is 2.19. The van der Waals surface area contributed by atoms with Crippen molar-refractivity contribution in [2.45, 2.75) is 44.3 Å². The summed E-state index contributed by atoms with van der Waals surface area (Å²) in [6, 6.07) is 3.65. The lowest BCUT2D eigenvalue weighted by Crippen LogP contribution is -2.26. The van der Waals surface area contributed by atoms with Gasteiger partial charge in [0.25, 0.3) is 0 Å². The number of hydrogen-bond acceptors (Lipinski definition) is 6. The first-order valence-electron chi connectivity index (χ1n) is 8.22. The lowest BCUT2D eigenvalue weighted by atomic mass is 10.3. The van der Waals surface area contributed by atoms with E-state index < -0.39 is 5.91 Å². The standard InChI is InChI=1S/C16H23N5O3S/c1-2-3-8-18-15(23)11-25-16-20-19-14(7-6-13(17)22)21(16)10-12-5-4-9-24-12/h4-5,9H,2-3,6-8,10-11H2,1H3,(H2,17,22)(H,18,23). The van der Waals surface area contributed by atoms with Crippen LogP contribution in [0.5, 0.6) is 0 Å². The lowest BCUT2D eigenvalue weighted by molar-refractivity contribution is -0.119. The van der Waals surface area contributed by atoms with Gasteiger partial charge >= 0.3 is 0 Å². The minimum atomic E-state index is -0.392. The molecule has 0 spiro atoms. The first-order chi connectivity index (χ1) is 12.1. The van der Waals surface area contributed by atoms with Crippen LogP contribution in [0.3, 0.4) is 0 Å². The van der Waals surface area contributed by atoms with Crippen molar-refractivity contribution in [1.82, 2.24) is 20.1 Å². The molecule has 0 bridgehead atoms. The topological polar surface area (TPSA) is 116 Å². The molecule has 3 N–H and O–H groups in total. The highest BCUT2D eigenvalue weighted by molar-refractivity contribution is 7.99. The molecule has 136 valence electrons. The average Bonchev–Trinajstić information content (AvgIpc) is 3.22. The van der Waals surface area contributed by atoms with Crippen LogP contribution in [0.1, 0.15) is 37.8 Å². The van der Waals surface area contributed by atoms with Gasteiger partial charge in [-0.05, 0) is 18.6 Å². The Hall–Kier alpha value is -2.29. The van der Waals surface area contributed by atoms with Gasteiger partial charge in [-0.15, -0.1) is 10.2 Å². The second-order valence-corrected chi connectivity index (χ2v) is 6.47. The largest absolute Gasteiger partial charge is 0.467 e. The molecule has 0 aliphatic rings. The van der Waals surface area contributed by atoms with E-state index in [9.17, 15) is 9.59 Å². The van der Waals surface area contributed by atoms with E-state index in [0.717, 1.165) is 18.6 Å². The van der Waals surface area contributed by atoms with E-state index in [1.807, 2.05) is 10.6 Å². The molecule has 9 heteroatoms. The van der Waals surface area contributed by atoms with E-state index in [0.29, 0.717) is 30.5 Å². The van der Waals surface area contributed by atoms with E-state index in [4.69, 9.17) is 10.2 Å². The summed E-state index contributed by atoms with van der Waals surface area (Å²) in [4.78, 5) is 22.9. The molecule has 0 radical (unpaired) electrons. The monoisotopic (exact) mass is 365 g/mol. The van der Waals surface area contributed by atoms with Crippen molar-refractivity contribution in [1.29, 1.82) is 0 Å². The van der Waals surface area contributed by atoms with Crippen molar-refractivity contribution in [3.63, 3.8) is 0 Å². The van der Waals surface area contributed by atoms with Crippen LogP contribution in [-0.4, -0.2) is 38.9 Å². The fraction of sp³-hybridized carbons (Fsp3) is 0.500. The van der Waals surface area contributed by atoms with Gasteiger partial charge in [-0.2, -0.15) is 0 Å². The molecule has 2 rings (SSSR count). The van der Waals surface area contributed by atoms with E-state index in [1.165, 1.54) is 11.8 Å². The number of primary amides is 1. The predicted molar refractivity (Wildman–Crippen MR) is 94.0 cm³/mol. The number of rotatable bonds is 11. The van der Waals surface area contributed by atoms with Gasteiger partial charge in [0, 0.05) is 19.4 Å². The molecule has 0 aliphatic carbocycles. The molecule has 0 aliphatic heterocycles. The van der Waals surface area contributed by atoms with Crippen molar-refractivity contribution < 1.29 is 14.0 Å². The number of nitrogens with zero attached hydrogens (tertiary/aromatic N) is 3. The zero-order valence-electron chi connectivity index (χ0n) is 14.2. The number of nitrogens with two attached hydrogens (primary N) is 1. The first-order valence-corrected chi connectivity index (χ1v) is 9.21. The average molecular weight is 365 g/mol. The van der Waals surface area contributed by atoms with Crippen LogP contribution in [0.4, 0.5) is 0 Å². The Morgan fingerprint density at radius 1 is 1.40 bits per heavy atom. The molecule has 2 aromatic heterocycles. The summed E-state index contributed by atoms with van der Waals surface area (Å²) < 4.78 is 7.23. The van der Waals surface area contributed by atoms with Crippen molar-refractivity contribution in [2.75, 3.05) is 12.3 Å². The Morgan fingerprint density at radius 3 is 2.92 bits per heavy atom. The lowest BCUT2D eigenvalue weighted by Gasteiger charge is -2.08. The van der Waals surface area contributed by atoms with Gasteiger partial charge in [-0.1, -0.05) is 25.1 Å². The minimum Gasteiger partial charge on any atom is -0.467 e. The molecule has 0 atom stereocenters. The van der Waals surface area contributed by atoms with Gasteiger partial charge in [-0.25, -0.2) is 0 Å². The van der Waals surface area contributed by atoms with Crippen molar-refractivity contribution >= 4 is 23.6 Å². The number of furan rings is 1. The third-order valence-corrected chi connectivity index (χ3v) is 4.43. The van der Waals surface area contributed by atoms with Gasteiger partial charge in [0.1, 0.15) is 11.6 Å². The van der Waals surface area contributed by atoms with E-state index in [2.05, 4.69) is 22.4 Å². The molecule has 0 unspecified atom stereocenters. The molecular formula is C16H23N5O3S.